The van der Waals surface area contributed by atoms with Crippen LogP contribution in [0.1, 0.15) is 27.2 Å². The minimum Gasteiger partial charge on any atom is -0.459 e. The molecule has 0 aromatic rings. The average Bonchev–Trinajstić information content (AvgIpc) is 2.82. The van der Waals surface area contributed by atoms with Gasteiger partial charge in [0.2, 0.25) is 0 Å². The summed E-state index contributed by atoms with van der Waals surface area (Å²) >= 11 is 0. The summed E-state index contributed by atoms with van der Waals surface area (Å²) in [6.07, 6.45) is 5.66. The van der Waals surface area contributed by atoms with E-state index < -0.39 is 5.41 Å². The van der Waals surface area contributed by atoms with Crippen molar-refractivity contribution in [3.8, 4) is 131 Å². The fourth-order valence-corrected chi connectivity index (χ4v) is 1.51. The van der Waals surface area contributed by atoms with Crippen molar-refractivity contribution in [1.82, 2.24) is 0 Å². The van der Waals surface area contributed by atoms with Gasteiger partial charge in [-0.25, -0.2) is 4.48 Å². The van der Waals surface area contributed by atoms with E-state index in [2.05, 4.69) is 124 Å². The molecule has 166 valence electrons. The Bertz CT molecular complexity index is 1480. The van der Waals surface area contributed by atoms with E-state index in [9.17, 15) is 4.79 Å². The Kier molecular flexibility index (Phi) is 15.4. The molecular weight excluding hydrogens is 430 g/mol. The van der Waals surface area contributed by atoms with Crippen molar-refractivity contribution < 1.29 is 14.0 Å². The molecule has 0 unspecified atom stereocenters. The van der Waals surface area contributed by atoms with E-state index >= 15 is 0 Å². The maximum absolute atomic E-state index is 12.0. The summed E-state index contributed by atoms with van der Waals surface area (Å²) in [6.45, 7) is 6.53. The lowest BCUT2D eigenvalue weighted by Gasteiger charge is -2.23. The molecule has 0 fully saturated rings. The molecule has 0 aromatic heterocycles. The van der Waals surface area contributed by atoms with Crippen LogP contribution in [0.25, 0.3) is 0 Å². The maximum Gasteiger partial charge on any atom is 0.311 e. The highest BCUT2D eigenvalue weighted by Crippen LogP contribution is 2.21. The molecule has 0 radical (unpaired) electrons. The number of carbonyl (C=O) groups excluding carboxylic acids is 1. The van der Waals surface area contributed by atoms with Crippen LogP contribution in [0.15, 0.2) is 0 Å². The average molecular weight is 453 g/mol. The van der Waals surface area contributed by atoms with Gasteiger partial charge in [-0.15, -0.1) is 6.42 Å². The number of esters is 1. The van der Waals surface area contributed by atoms with Gasteiger partial charge in [-0.3, -0.25) is 4.79 Å². The van der Waals surface area contributed by atoms with E-state index in [0.717, 1.165) is 6.42 Å². The van der Waals surface area contributed by atoms with E-state index in [0.29, 0.717) is 11.0 Å². The predicted molar refractivity (Wildman–Crippen MR) is 139 cm³/mol. The summed E-state index contributed by atoms with van der Waals surface area (Å²) in [5.74, 6) is 49.8. The van der Waals surface area contributed by atoms with Gasteiger partial charge in [-0.05, 0) is 67.6 Å². The first-order valence-corrected chi connectivity index (χ1v) is 10.2. The normalized spacial score (nSPS) is 7.43. The monoisotopic (exact) mass is 452 g/mol. The first-order chi connectivity index (χ1) is 16.7. The van der Waals surface area contributed by atoms with Gasteiger partial charge in [-0.1, -0.05) is 6.92 Å². The summed E-state index contributed by atoms with van der Waals surface area (Å²) < 4.78 is 5.68. The molecule has 0 aromatic carbocycles. The summed E-state index contributed by atoms with van der Waals surface area (Å²) in [4.78, 5) is 12.0. The van der Waals surface area contributed by atoms with Crippen molar-refractivity contribution in [2.75, 3.05) is 27.2 Å². The third-order valence-electron chi connectivity index (χ3n) is 3.88. The second-order valence-corrected chi connectivity index (χ2v) is 7.41. The Hall–Kier alpha value is -5.41. The van der Waals surface area contributed by atoms with Crippen molar-refractivity contribution in [1.29, 1.82) is 0 Å². The Morgan fingerprint density at radius 2 is 1.03 bits per heavy atom. The van der Waals surface area contributed by atoms with Crippen LogP contribution in [0.4, 0.5) is 0 Å². The number of hydrogen-bond donors (Lipinski definition) is 0. The number of hydrogen-bond acceptors (Lipinski definition) is 2. The summed E-state index contributed by atoms with van der Waals surface area (Å²) in [5, 5.41) is 0. The molecule has 3 nitrogen and oxygen atoms in total. The van der Waals surface area contributed by atoms with Gasteiger partial charge in [0.25, 0.3) is 0 Å². The molecule has 0 N–H and O–H groups in total. The molecule has 0 rings (SSSR count). The highest BCUT2D eigenvalue weighted by Gasteiger charge is 2.27. The van der Waals surface area contributed by atoms with E-state index in [-0.39, 0.29) is 12.6 Å². The zero-order valence-corrected chi connectivity index (χ0v) is 20.5. The maximum atomic E-state index is 12.0. The highest BCUT2D eigenvalue weighted by molar-refractivity contribution is 5.75. The van der Waals surface area contributed by atoms with Gasteiger partial charge in [0.05, 0.1) is 25.4 Å². The van der Waals surface area contributed by atoms with Crippen LogP contribution in [0.3, 0.4) is 0 Å². The van der Waals surface area contributed by atoms with Gasteiger partial charge >= 0.3 is 5.97 Å². The van der Waals surface area contributed by atoms with Crippen LogP contribution in [-0.4, -0.2) is 37.7 Å². The molecule has 0 saturated heterocycles. The fraction of sp³-hybridized carbons (Fsp3) is 0.281. The predicted octanol–water partition coefficient (Wildman–Crippen LogP) is 1.67. The molecule has 0 amide bonds. The Morgan fingerprint density at radius 3 is 1.37 bits per heavy atom. The number of rotatable bonds is 5. The molecule has 0 atom stereocenters. The summed E-state index contributed by atoms with van der Waals surface area (Å²) in [5.41, 5.74) is -0.477. The number of ether oxygens (including phenoxy) is 1. The Labute approximate surface area is 210 Å². The fourth-order valence-electron chi connectivity index (χ4n) is 1.51. The molecule has 0 spiro atoms. The third-order valence-corrected chi connectivity index (χ3v) is 3.88. The van der Waals surface area contributed by atoms with Crippen LogP contribution >= 0.6 is 0 Å². The van der Waals surface area contributed by atoms with Gasteiger partial charge in [0.15, 0.2) is 6.04 Å². The molecular formula is C32H22NO2+. The number of nitrogens with zero attached hydrogens (tertiary/aromatic N) is 1. The molecule has 3 heteroatoms. The van der Waals surface area contributed by atoms with Gasteiger partial charge in [0, 0.05) is 65.1 Å². The molecule has 35 heavy (non-hydrogen) atoms. The van der Waals surface area contributed by atoms with Crippen LogP contribution < -0.4 is 0 Å². The molecule has 0 bridgehead atoms. The smallest absolute Gasteiger partial charge is 0.311 e. The van der Waals surface area contributed by atoms with Crippen molar-refractivity contribution in [2.24, 2.45) is 5.41 Å². The van der Waals surface area contributed by atoms with Gasteiger partial charge in [-0.2, -0.15) is 0 Å². The number of quaternary nitrogens is 1. The zero-order valence-electron chi connectivity index (χ0n) is 20.5. The Balaban J connectivity index is 4.56. The third kappa shape index (κ3) is 17.9. The van der Waals surface area contributed by atoms with Crippen molar-refractivity contribution in [2.45, 2.75) is 27.2 Å². The van der Waals surface area contributed by atoms with E-state index in [1.54, 1.807) is 0 Å². The van der Waals surface area contributed by atoms with Gasteiger partial charge in [0.1, 0.15) is 13.2 Å². The lowest BCUT2D eigenvalue weighted by atomic mass is 9.91. The largest absolute Gasteiger partial charge is 0.459 e. The lowest BCUT2D eigenvalue weighted by Crippen LogP contribution is -2.38. The van der Waals surface area contributed by atoms with Crippen LogP contribution in [-0.2, 0) is 9.53 Å². The standard InChI is InChI=1S/C32H22NO2/c1-7-9-10-11-12-13-14-15-16-17-18-19-20-21-22-23-24-25-26-27-28-33(5,6)29-30-35-31(34)32(3,4)8-2/h1H,8,29-30H2,2-6H3/q+1. The van der Waals surface area contributed by atoms with E-state index in [1.807, 2.05) is 34.9 Å². The summed E-state index contributed by atoms with van der Waals surface area (Å²) in [6, 6.07) is 2.99. The lowest BCUT2D eigenvalue weighted by molar-refractivity contribution is -0.822. The molecule has 0 aliphatic carbocycles. The van der Waals surface area contributed by atoms with E-state index in [4.69, 9.17) is 11.2 Å². The van der Waals surface area contributed by atoms with Crippen molar-refractivity contribution in [3.05, 3.63) is 0 Å². The SMILES string of the molecule is C#CC#CC#CC#CC#CC#CC#CC#CC#CC#CC#C[N+](C)(C)CCOC(=O)C(C)(C)CC. The summed E-state index contributed by atoms with van der Waals surface area (Å²) in [7, 11) is 3.80. The van der Waals surface area contributed by atoms with Crippen molar-refractivity contribution in [3.63, 3.8) is 0 Å². The number of likely N-dealkylation sites (N-methyl/N-ethyl adjacent to an activating group) is 1. The number of carbonyl (C=O) groups is 1. The second kappa shape index (κ2) is 18.2. The molecule has 0 aliphatic heterocycles. The quantitative estimate of drug-likeness (QED) is 0.361. The Morgan fingerprint density at radius 1 is 0.686 bits per heavy atom. The highest BCUT2D eigenvalue weighted by atomic mass is 16.5. The van der Waals surface area contributed by atoms with Crippen LogP contribution in [0.5, 0.6) is 0 Å². The first kappa shape index (κ1) is 29.6. The zero-order chi connectivity index (χ0) is 26.3. The molecule has 0 aliphatic rings. The second-order valence-electron chi connectivity index (χ2n) is 7.41. The molecule has 0 saturated carbocycles. The minimum atomic E-state index is -0.477. The topological polar surface area (TPSA) is 26.3 Å². The van der Waals surface area contributed by atoms with Crippen molar-refractivity contribution >= 4 is 5.97 Å². The van der Waals surface area contributed by atoms with Gasteiger partial charge < -0.3 is 4.74 Å². The van der Waals surface area contributed by atoms with E-state index in [1.165, 1.54) is 0 Å². The number of terminal acetylenes is 1. The van der Waals surface area contributed by atoms with Crippen LogP contribution in [0, 0.1) is 136 Å². The minimum absolute atomic E-state index is 0.203. The molecule has 0 heterocycles. The van der Waals surface area contributed by atoms with Crippen LogP contribution in [0.2, 0.25) is 0 Å². The first-order valence-electron chi connectivity index (χ1n) is 10.2.